The first-order chi connectivity index (χ1) is 50.3. The fourth-order valence-electron chi connectivity index (χ4n) is 12.7. The molecule has 8 aromatic heterocycles. The van der Waals surface area contributed by atoms with Crippen molar-refractivity contribution in [1.29, 1.82) is 0 Å². The van der Waals surface area contributed by atoms with Crippen molar-refractivity contribution < 1.29 is 118 Å². The van der Waals surface area contributed by atoms with E-state index in [-0.39, 0.29) is 39.0 Å². The Morgan fingerprint density at radius 1 is 0.148 bits per heavy atom. The Morgan fingerprint density at radius 3 is 0.380 bits per heavy atom. The van der Waals surface area contributed by atoms with Gasteiger partial charge in [-0.15, -0.1) is 22.8 Å². The van der Waals surface area contributed by atoms with Crippen LogP contribution in [0.15, 0.2) is 243 Å². The number of hydrogen-bond acceptors (Lipinski definition) is 0. The van der Waals surface area contributed by atoms with E-state index in [1.807, 2.05) is 0 Å². The van der Waals surface area contributed by atoms with Crippen molar-refractivity contribution in [3.8, 4) is 22.8 Å². The number of hydrogen-bond donors (Lipinski definition) is 0. The molecule has 0 amide bonds. The van der Waals surface area contributed by atoms with Crippen LogP contribution in [0, 0.1) is 35.5 Å². The van der Waals surface area contributed by atoms with E-state index in [1.165, 1.54) is 72.8 Å². The Morgan fingerprint density at radius 2 is 0.259 bits per heavy atom. The summed E-state index contributed by atoms with van der Waals surface area (Å²) in [7, 11) is 0. The first-order valence-electron chi connectivity index (χ1n) is 31.7. The van der Waals surface area contributed by atoms with Gasteiger partial charge in [0.1, 0.15) is 0 Å². The Balaban J connectivity index is 0.000000187. The van der Waals surface area contributed by atoms with Crippen LogP contribution in [0.25, 0.3) is 22.8 Å². The first kappa shape index (κ1) is 75.0. The monoisotopic (exact) mass is 1660 g/mol. The topological polar surface area (TPSA) is 113 Å². The molecule has 28 heteroatoms. The Labute approximate surface area is 627 Å². The molecule has 0 N–H and O–H groups in total. The van der Waals surface area contributed by atoms with E-state index in [1.54, 1.807) is 97.1 Å². The zero-order valence-corrected chi connectivity index (χ0v) is 57.7. The van der Waals surface area contributed by atoms with Gasteiger partial charge >= 0.3 is 76.0 Å². The Kier molecular flexibility index (Phi) is 19.6. The molecule has 0 fully saturated rings. The van der Waals surface area contributed by atoms with Crippen molar-refractivity contribution in [3.63, 3.8) is 0 Å². The summed E-state index contributed by atoms with van der Waals surface area (Å²) in [6.07, 6.45) is -27.5. The summed E-state index contributed by atoms with van der Waals surface area (Å²) in [6, 6.07) is 53.3. The quantitative estimate of drug-likeness (QED) is 0.0919. The van der Waals surface area contributed by atoms with E-state index >= 15 is 0 Å². The van der Waals surface area contributed by atoms with Gasteiger partial charge in [-0.05, 0) is 167 Å². The molecule has 10 heterocycles. The largest absolute Gasteiger partial charge is 1.00 e. The molecular formula is C80H40F18N8Ru2. The van der Waals surface area contributed by atoms with Gasteiger partial charge in [-0.25, -0.2) is 0 Å². The van der Waals surface area contributed by atoms with Crippen LogP contribution in [-0.2, 0) is 76.0 Å². The molecule has 8 nitrogen and oxygen atoms in total. The molecule has 0 saturated carbocycles. The van der Waals surface area contributed by atoms with E-state index in [2.05, 4.69) is 0 Å². The number of nitrogens with zero attached hydrogens (tertiary/aromatic N) is 8. The number of rotatable bonds is 6. The zero-order chi connectivity index (χ0) is 74.6. The summed E-state index contributed by atoms with van der Waals surface area (Å²) in [6.45, 7) is 0. The molecule has 0 saturated heterocycles. The Hall–Kier alpha value is -11.2. The molecule has 2 aliphatic rings. The van der Waals surface area contributed by atoms with Gasteiger partial charge in [-0.3, -0.25) is 0 Å². The molecule has 2 radical (unpaired) electrons. The summed E-state index contributed by atoms with van der Waals surface area (Å²) in [5.74, 6) is 2.21. The second-order valence-corrected chi connectivity index (χ2v) is 24.4. The average Bonchev–Trinajstić information content (AvgIpc) is 1.61. The van der Waals surface area contributed by atoms with Crippen LogP contribution in [0.1, 0.15) is 135 Å². The van der Waals surface area contributed by atoms with Crippen molar-refractivity contribution >= 4 is 0 Å². The maximum atomic E-state index is 13.6. The second-order valence-electron chi connectivity index (χ2n) is 24.4. The third-order valence-electron chi connectivity index (χ3n) is 17.7. The molecular weight excluding hydrogens is 1620 g/mol. The van der Waals surface area contributed by atoms with E-state index in [9.17, 15) is 79.0 Å². The number of halogens is 18. The van der Waals surface area contributed by atoms with Crippen molar-refractivity contribution in [3.05, 3.63) is 413 Å². The normalized spacial score (nSPS) is 13.4. The average molecular weight is 1660 g/mol. The maximum Gasteiger partial charge on any atom is 1.00 e. The van der Waals surface area contributed by atoms with Crippen molar-refractivity contribution in [2.45, 2.75) is 37.1 Å². The first-order valence-corrected chi connectivity index (χ1v) is 31.7. The minimum absolute atomic E-state index is 0. The molecule has 14 aromatic rings. The fourth-order valence-corrected chi connectivity index (χ4v) is 12.7. The van der Waals surface area contributed by atoms with E-state index in [4.69, 9.17) is 39.9 Å². The van der Waals surface area contributed by atoms with Crippen LogP contribution in [0.3, 0.4) is 0 Å². The van der Waals surface area contributed by atoms with Crippen LogP contribution in [0.2, 0.25) is 0 Å². The van der Waals surface area contributed by atoms with Gasteiger partial charge in [-0.1, -0.05) is 22.8 Å². The van der Waals surface area contributed by atoms with Crippen molar-refractivity contribution in [1.82, 2.24) is 39.9 Å². The third kappa shape index (κ3) is 14.9. The maximum absolute atomic E-state index is 13.6. The van der Waals surface area contributed by atoms with E-state index < -0.39 is 70.4 Å². The molecule has 542 valence electrons. The van der Waals surface area contributed by atoms with Crippen molar-refractivity contribution in [2.24, 2.45) is 0 Å². The van der Waals surface area contributed by atoms with Crippen molar-refractivity contribution in [2.75, 3.05) is 0 Å². The Bertz CT molecular complexity index is 4800. The molecule has 0 unspecified atom stereocenters. The number of benzene rings is 6. The molecule has 16 rings (SSSR count). The van der Waals surface area contributed by atoms with Gasteiger partial charge < -0.3 is 39.9 Å². The molecule has 2 aliphatic heterocycles. The van der Waals surface area contributed by atoms with Gasteiger partial charge in [0.25, 0.3) is 0 Å². The number of aromatic nitrogens is 8. The minimum atomic E-state index is -4.60. The van der Waals surface area contributed by atoms with Crippen LogP contribution >= 0.6 is 0 Å². The molecule has 6 aromatic carbocycles. The van der Waals surface area contributed by atoms with Gasteiger partial charge in [0, 0.05) is 157 Å². The molecule has 0 spiro atoms. The molecule has 16 bridgehead atoms. The summed E-state index contributed by atoms with van der Waals surface area (Å²) in [5.41, 5.74) is 2.53. The van der Waals surface area contributed by atoms with Gasteiger partial charge in [0.2, 0.25) is 0 Å². The van der Waals surface area contributed by atoms with Crippen LogP contribution < -0.4 is 39.9 Å². The number of alkyl halides is 18. The minimum Gasteiger partial charge on any atom is -0.644 e. The third-order valence-corrected chi connectivity index (χ3v) is 17.7. The predicted octanol–water partition coefficient (Wildman–Crippen LogP) is 19.2. The van der Waals surface area contributed by atoms with Crippen LogP contribution in [0.4, 0.5) is 79.0 Å². The summed E-state index contributed by atoms with van der Waals surface area (Å²) >= 11 is 0. The molecule has 0 aliphatic carbocycles. The fraction of sp³-hybridized carbons (Fsp3) is 0.0750. The standard InChI is InChI=1S/2C40H20F9N4.2Ru/c2*41-38(42,43)24-7-1-21(2-8-24)35-29-15-13-27(50-29)28-14-16-30(51-28)36(22-3-9-25(10-4-22)39(44,45)46)32-18-20-34(53-32)37(33-19-17-31(35)52-33)23-5-11-26(12-6-23)40(47,48)49;;/h2*1-20H;;/q2*-1;2*+1. The van der Waals surface area contributed by atoms with E-state index in [0.29, 0.717) is 160 Å². The summed E-state index contributed by atoms with van der Waals surface area (Å²) in [5, 5.41) is 0. The SMILES string of the molecule is FC(F)(F)c1ccc([C+]2c3ccc([n-]3)-c3ccc([n-]3)[C+](c3ccc(C(F)(F)F)cc3)c3ccc([n-]3)[C+](c3ccc(C(F)(F)F)cc3)c3ccc2[n-]3)cc1.FC(F)(F)c1ccc([C+]2c3ccc([n-]3)-c3ccc([n-]3)[C+](c3ccc(C(F)(F)F)cc3)c3ccc([n-]3)[C+](c3ccc(C(F)(F)F)cc3)c3ccc2[n-]3)cc1.[Ru+].[Ru+]. The van der Waals surface area contributed by atoms with Gasteiger partial charge in [0.15, 0.2) is 0 Å². The predicted molar refractivity (Wildman–Crippen MR) is 348 cm³/mol. The zero-order valence-electron chi connectivity index (χ0n) is 54.2. The van der Waals surface area contributed by atoms with E-state index in [0.717, 1.165) is 72.8 Å². The van der Waals surface area contributed by atoms with Crippen LogP contribution in [-0.4, -0.2) is 0 Å². The smallest absolute Gasteiger partial charge is 0.644 e. The number of fused-ring (bicyclic) bond motifs is 18. The second kappa shape index (κ2) is 28.2. The summed E-state index contributed by atoms with van der Waals surface area (Å²) in [4.78, 5) is 38.4. The van der Waals surface area contributed by atoms with Crippen LogP contribution in [0.5, 0.6) is 0 Å². The molecule has 108 heavy (non-hydrogen) atoms. The van der Waals surface area contributed by atoms with Gasteiger partial charge in [-0.2, -0.15) is 79.0 Å². The molecule has 0 atom stereocenters. The summed E-state index contributed by atoms with van der Waals surface area (Å²) < 4.78 is 243. The van der Waals surface area contributed by atoms with Gasteiger partial charge in [0.05, 0.1) is 66.8 Å².